The largest absolute Gasteiger partial charge is 0.462 e. The SMILES string of the molecule is COCc1ccc(CNC(C)CC(O)c2ccccc2)o1. The minimum Gasteiger partial charge on any atom is -0.462 e. The van der Waals surface area contributed by atoms with Gasteiger partial charge in [-0.05, 0) is 31.0 Å². The molecule has 1 heterocycles. The van der Waals surface area contributed by atoms with E-state index >= 15 is 0 Å². The molecule has 0 radical (unpaired) electrons. The Morgan fingerprint density at radius 2 is 1.86 bits per heavy atom. The second-order valence-electron chi connectivity index (χ2n) is 5.25. The van der Waals surface area contributed by atoms with Gasteiger partial charge in [-0.25, -0.2) is 0 Å². The third-order valence-corrected chi connectivity index (χ3v) is 3.39. The van der Waals surface area contributed by atoms with Gasteiger partial charge in [-0.1, -0.05) is 30.3 Å². The Labute approximate surface area is 125 Å². The van der Waals surface area contributed by atoms with Gasteiger partial charge in [-0.2, -0.15) is 0 Å². The Bertz CT molecular complexity index is 524. The van der Waals surface area contributed by atoms with Gasteiger partial charge in [0, 0.05) is 13.2 Å². The van der Waals surface area contributed by atoms with E-state index < -0.39 is 6.10 Å². The normalized spacial score (nSPS) is 14.0. The fourth-order valence-electron chi connectivity index (χ4n) is 2.24. The molecule has 1 aromatic carbocycles. The van der Waals surface area contributed by atoms with Crippen LogP contribution in [0.5, 0.6) is 0 Å². The van der Waals surface area contributed by atoms with Crippen LogP contribution in [0, 0.1) is 0 Å². The van der Waals surface area contributed by atoms with Gasteiger partial charge in [0.2, 0.25) is 0 Å². The van der Waals surface area contributed by atoms with Crippen molar-refractivity contribution >= 4 is 0 Å². The highest BCUT2D eigenvalue weighted by atomic mass is 16.5. The van der Waals surface area contributed by atoms with E-state index in [-0.39, 0.29) is 6.04 Å². The van der Waals surface area contributed by atoms with E-state index in [1.807, 2.05) is 42.5 Å². The zero-order chi connectivity index (χ0) is 15.1. The zero-order valence-electron chi connectivity index (χ0n) is 12.6. The molecular weight excluding hydrogens is 266 g/mol. The highest BCUT2D eigenvalue weighted by Crippen LogP contribution is 2.18. The first-order valence-corrected chi connectivity index (χ1v) is 7.22. The molecule has 2 unspecified atom stereocenters. The van der Waals surface area contributed by atoms with Gasteiger partial charge >= 0.3 is 0 Å². The van der Waals surface area contributed by atoms with Gasteiger partial charge in [-0.15, -0.1) is 0 Å². The number of aliphatic hydroxyl groups is 1. The third kappa shape index (κ3) is 5.01. The molecule has 0 saturated carbocycles. The number of nitrogens with one attached hydrogen (secondary N) is 1. The summed E-state index contributed by atoms with van der Waals surface area (Å²) in [6.07, 6.45) is 0.213. The lowest BCUT2D eigenvalue weighted by Crippen LogP contribution is -2.27. The Hall–Kier alpha value is -1.62. The van der Waals surface area contributed by atoms with Gasteiger partial charge in [0.1, 0.15) is 18.1 Å². The fraction of sp³-hybridized carbons (Fsp3) is 0.412. The van der Waals surface area contributed by atoms with Crippen LogP contribution in [-0.4, -0.2) is 18.3 Å². The number of benzene rings is 1. The van der Waals surface area contributed by atoms with Crippen LogP contribution in [-0.2, 0) is 17.9 Å². The Balaban J connectivity index is 1.77. The Morgan fingerprint density at radius 3 is 2.57 bits per heavy atom. The monoisotopic (exact) mass is 289 g/mol. The van der Waals surface area contributed by atoms with Gasteiger partial charge in [0.15, 0.2) is 0 Å². The minimum atomic E-state index is -0.450. The number of ether oxygens (including phenoxy) is 1. The molecule has 114 valence electrons. The maximum absolute atomic E-state index is 10.2. The zero-order valence-corrected chi connectivity index (χ0v) is 12.6. The van der Waals surface area contributed by atoms with Gasteiger partial charge in [0.25, 0.3) is 0 Å². The third-order valence-electron chi connectivity index (χ3n) is 3.39. The molecule has 4 heteroatoms. The number of methoxy groups -OCH3 is 1. The van der Waals surface area contributed by atoms with Crippen molar-refractivity contribution in [3.8, 4) is 0 Å². The summed E-state index contributed by atoms with van der Waals surface area (Å²) in [6, 6.07) is 13.8. The topological polar surface area (TPSA) is 54.6 Å². The average molecular weight is 289 g/mol. The second-order valence-corrected chi connectivity index (χ2v) is 5.25. The average Bonchev–Trinajstić information content (AvgIpc) is 2.94. The van der Waals surface area contributed by atoms with Gasteiger partial charge < -0.3 is 19.6 Å². The predicted octanol–water partition coefficient (Wildman–Crippen LogP) is 3.03. The van der Waals surface area contributed by atoms with Crippen LogP contribution in [0.25, 0.3) is 0 Å². The van der Waals surface area contributed by atoms with Crippen LogP contribution < -0.4 is 5.32 Å². The molecule has 4 nitrogen and oxygen atoms in total. The predicted molar refractivity (Wildman–Crippen MR) is 81.7 cm³/mol. The van der Waals surface area contributed by atoms with Crippen molar-refractivity contribution in [1.82, 2.24) is 5.32 Å². The maximum atomic E-state index is 10.2. The van der Waals surface area contributed by atoms with E-state index in [1.54, 1.807) is 7.11 Å². The van der Waals surface area contributed by atoms with Crippen molar-refractivity contribution in [1.29, 1.82) is 0 Å². The summed E-state index contributed by atoms with van der Waals surface area (Å²) in [7, 11) is 1.65. The van der Waals surface area contributed by atoms with Gasteiger partial charge in [0.05, 0.1) is 12.6 Å². The molecule has 0 spiro atoms. The van der Waals surface area contributed by atoms with Crippen molar-refractivity contribution in [2.75, 3.05) is 7.11 Å². The lowest BCUT2D eigenvalue weighted by atomic mass is 10.0. The summed E-state index contributed by atoms with van der Waals surface area (Å²) in [4.78, 5) is 0. The number of hydrogen-bond donors (Lipinski definition) is 2. The van der Waals surface area contributed by atoms with Crippen LogP contribution in [0.2, 0.25) is 0 Å². The molecule has 0 aliphatic rings. The minimum absolute atomic E-state index is 0.191. The number of aliphatic hydroxyl groups excluding tert-OH is 1. The second kappa shape index (κ2) is 7.98. The molecule has 2 aromatic rings. The van der Waals surface area contributed by atoms with Crippen LogP contribution in [0.1, 0.15) is 36.5 Å². The van der Waals surface area contributed by atoms with Crippen molar-refractivity contribution in [2.24, 2.45) is 0 Å². The summed E-state index contributed by atoms with van der Waals surface area (Å²) in [6.45, 7) is 3.19. The molecule has 0 amide bonds. The standard InChI is InChI=1S/C17H23NO3/c1-13(10-17(19)14-6-4-3-5-7-14)18-11-15-8-9-16(21-15)12-20-2/h3-9,13,17-19H,10-12H2,1-2H3. The van der Waals surface area contributed by atoms with E-state index in [2.05, 4.69) is 12.2 Å². The maximum Gasteiger partial charge on any atom is 0.129 e. The van der Waals surface area contributed by atoms with E-state index in [0.29, 0.717) is 19.6 Å². The molecule has 0 saturated heterocycles. The van der Waals surface area contributed by atoms with Crippen molar-refractivity contribution in [2.45, 2.75) is 38.6 Å². The first-order valence-electron chi connectivity index (χ1n) is 7.22. The summed E-state index contributed by atoms with van der Waals surface area (Å²) in [5.41, 5.74) is 0.950. The van der Waals surface area contributed by atoms with Crippen molar-refractivity contribution in [3.63, 3.8) is 0 Å². The van der Waals surface area contributed by atoms with Crippen LogP contribution in [0.4, 0.5) is 0 Å². The van der Waals surface area contributed by atoms with Crippen LogP contribution >= 0.6 is 0 Å². The quantitative estimate of drug-likeness (QED) is 0.784. The molecule has 2 N–H and O–H groups in total. The molecule has 21 heavy (non-hydrogen) atoms. The lowest BCUT2D eigenvalue weighted by Gasteiger charge is -2.17. The van der Waals surface area contributed by atoms with E-state index in [9.17, 15) is 5.11 Å². The van der Waals surface area contributed by atoms with Crippen LogP contribution in [0.3, 0.4) is 0 Å². The number of rotatable bonds is 8. The van der Waals surface area contributed by atoms with Crippen LogP contribution in [0.15, 0.2) is 46.9 Å². The highest BCUT2D eigenvalue weighted by molar-refractivity contribution is 5.17. The fourth-order valence-corrected chi connectivity index (χ4v) is 2.24. The van der Waals surface area contributed by atoms with Gasteiger partial charge in [-0.3, -0.25) is 0 Å². The first kappa shape index (κ1) is 15.8. The molecule has 0 aliphatic carbocycles. The molecule has 0 aliphatic heterocycles. The van der Waals surface area contributed by atoms with Crippen molar-refractivity contribution < 1.29 is 14.3 Å². The summed E-state index contributed by atoms with van der Waals surface area (Å²) >= 11 is 0. The molecule has 1 aromatic heterocycles. The molecular formula is C17H23NO3. The number of furan rings is 1. The Kier molecular flexibility index (Phi) is 5.99. The smallest absolute Gasteiger partial charge is 0.129 e. The van der Waals surface area contributed by atoms with E-state index in [0.717, 1.165) is 17.1 Å². The molecule has 2 atom stereocenters. The molecule has 0 bridgehead atoms. The number of hydrogen-bond acceptors (Lipinski definition) is 4. The summed E-state index contributed by atoms with van der Waals surface area (Å²) in [5.74, 6) is 1.70. The summed E-state index contributed by atoms with van der Waals surface area (Å²) < 4.78 is 10.6. The first-order chi connectivity index (χ1) is 10.2. The Morgan fingerprint density at radius 1 is 1.14 bits per heavy atom. The highest BCUT2D eigenvalue weighted by Gasteiger charge is 2.12. The molecule has 2 rings (SSSR count). The van der Waals surface area contributed by atoms with E-state index in [1.165, 1.54) is 0 Å². The summed E-state index contributed by atoms with van der Waals surface area (Å²) in [5, 5.41) is 13.5. The van der Waals surface area contributed by atoms with E-state index in [4.69, 9.17) is 9.15 Å². The molecule has 0 fully saturated rings. The van der Waals surface area contributed by atoms with Crippen molar-refractivity contribution in [3.05, 3.63) is 59.5 Å². The lowest BCUT2D eigenvalue weighted by molar-refractivity contribution is 0.152.